The summed E-state index contributed by atoms with van der Waals surface area (Å²) in [5.74, 6) is -0.465. The molecule has 3 aromatic rings. The summed E-state index contributed by atoms with van der Waals surface area (Å²) in [6.45, 7) is -2.29. The number of aromatic amines is 2. The number of nitriles is 1. The second-order valence-corrected chi connectivity index (χ2v) is 16.7. The lowest BCUT2D eigenvalue weighted by Gasteiger charge is -2.28. The highest BCUT2D eigenvalue weighted by molar-refractivity contribution is 8.07. The van der Waals surface area contributed by atoms with Gasteiger partial charge in [0.15, 0.2) is 11.5 Å². The number of rotatable bonds is 20. The highest BCUT2D eigenvalue weighted by Crippen LogP contribution is 2.54. The number of hydrogen-bond acceptors (Lipinski definition) is 19. The standard InChI is InChI=1S/C37H46N5O17PS/c1-20-15-41(36(48)39-34(20)46)29-13-23(58-32(45)8-7-31(44)53-18-22-11-25(50-3)33(52-5)26(12-22)51-4)28(57-29)19-55-60(61,54-10-6-9-38)59-24-14-30(56-27(24)17-43)42-16-21(2)35(47)40-37(42)49/h11-12,15-16,23-24,27-30,43H,6-8,10,13-14,17-19H2,1-5H3,(H,39,46,48)(H,40,47,49)/t23-,24-,27?,28?,29-,30-,60?/m1/s1. The van der Waals surface area contributed by atoms with Crippen LogP contribution >= 0.6 is 6.72 Å². The molecular formula is C37H46N5O17PS. The lowest BCUT2D eigenvalue weighted by atomic mass is 10.2. The van der Waals surface area contributed by atoms with Crippen LogP contribution in [0, 0.1) is 25.2 Å². The van der Waals surface area contributed by atoms with E-state index in [4.69, 9.17) is 58.5 Å². The second-order valence-electron chi connectivity index (χ2n) is 13.7. The van der Waals surface area contributed by atoms with Crippen molar-refractivity contribution in [3.8, 4) is 23.3 Å². The Morgan fingerprint density at radius 3 is 1.97 bits per heavy atom. The van der Waals surface area contributed by atoms with Crippen LogP contribution in [0.1, 0.15) is 61.3 Å². The fourth-order valence-electron chi connectivity index (χ4n) is 6.41. The third-order valence-corrected chi connectivity index (χ3v) is 11.9. The Kier molecular flexibility index (Phi) is 16.2. The van der Waals surface area contributed by atoms with Crippen molar-refractivity contribution in [2.75, 3.05) is 41.2 Å². The molecule has 0 saturated carbocycles. The Bertz CT molecular complexity index is 2370. The molecule has 2 aliphatic heterocycles. The normalized spacial score (nSPS) is 21.9. The molecule has 332 valence electrons. The van der Waals surface area contributed by atoms with Crippen LogP contribution in [0.5, 0.6) is 17.2 Å². The number of benzene rings is 1. The number of nitrogens with one attached hydrogen (secondary N) is 2. The van der Waals surface area contributed by atoms with Gasteiger partial charge in [-0.05, 0) is 43.4 Å². The molecule has 5 rings (SSSR count). The number of hydrogen-bond donors (Lipinski definition) is 3. The van der Waals surface area contributed by atoms with Gasteiger partial charge in [0.05, 0.1) is 72.6 Å². The van der Waals surface area contributed by atoms with Crippen molar-refractivity contribution in [1.82, 2.24) is 19.1 Å². The highest BCUT2D eigenvalue weighted by Gasteiger charge is 2.44. The summed E-state index contributed by atoms with van der Waals surface area (Å²) >= 11 is 5.73. The van der Waals surface area contributed by atoms with Crippen molar-refractivity contribution in [3.05, 3.63) is 82.9 Å². The molecule has 1 aromatic carbocycles. The minimum atomic E-state index is -3.87. The molecule has 2 aliphatic rings. The van der Waals surface area contributed by atoms with Gasteiger partial charge in [-0.15, -0.1) is 0 Å². The van der Waals surface area contributed by atoms with Gasteiger partial charge in [0, 0.05) is 36.4 Å². The Hall–Kier alpha value is -5.18. The molecule has 0 amide bonds. The average Bonchev–Trinajstić information content (AvgIpc) is 3.83. The summed E-state index contributed by atoms with van der Waals surface area (Å²) in [7, 11) is 4.34. The third-order valence-electron chi connectivity index (χ3n) is 9.52. The maximum atomic E-state index is 13.2. The van der Waals surface area contributed by atoms with Crippen molar-refractivity contribution in [2.45, 2.75) is 89.4 Å². The summed E-state index contributed by atoms with van der Waals surface area (Å²) in [6.07, 6.45) is -4.74. The van der Waals surface area contributed by atoms with Gasteiger partial charge in [0.2, 0.25) is 5.75 Å². The largest absolute Gasteiger partial charge is 0.493 e. The topological polar surface area (TPSA) is 280 Å². The Labute approximate surface area is 352 Å². The first-order chi connectivity index (χ1) is 29.1. The zero-order chi connectivity index (χ0) is 44.4. The molecule has 2 saturated heterocycles. The SMILES string of the molecule is COc1cc(COC(=O)CCC(=O)O[C@@H]2C[C@H](n3cc(C)c(=O)[nH]c3=O)OC2COP(=S)(OCCC#N)O[C@@H]2C[C@H](n3cc(C)c(=O)[nH]c3=O)OC2CO)cc(OC)c1OC. The second kappa shape index (κ2) is 21.1. The number of carbonyl (C=O) groups is 2. The van der Waals surface area contributed by atoms with Crippen LogP contribution in [-0.2, 0) is 60.5 Å². The van der Waals surface area contributed by atoms with E-state index in [0.29, 0.717) is 22.8 Å². The first kappa shape index (κ1) is 46.9. The van der Waals surface area contributed by atoms with Gasteiger partial charge in [-0.3, -0.25) is 38.3 Å². The Morgan fingerprint density at radius 2 is 1.43 bits per heavy atom. The van der Waals surface area contributed by atoms with Gasteiger partial charge in [-0.1, -0.05) is 0 Å². The van der Waals surface area contributed by atoms with Crippen LogP contribution in [-0.4, -0.2) is 102 Å². The van der Waals surface area contributed by atoms with Crippen LogP contribution in [0.25, 0.3) is 0 Å². The minimum absolute atomic E-state index is 0.0401. The molecule has 0 bridgehead atoms. The highest BCUT2D eigenvalue weighted by atomic mass is 32.5. The number of esters is 2. The molecule has 22 nitrogen and oxygen atoms in total. The lowest BCUT2D eigenvalue weighted by molar-refractivity contribution is -0.156. The van der Waals surface area contributed by atoms with Crippen LogP contribution < -0.4 is 36.7 Å². The predicted octanol–water partition coefficient (Wildman–Crippen LogP) is 1.29. The summed E-state index contributed by atoms with van der Waals surface area (Å²) in [5.41, 5.74) is -1.76. The van der Waals surface area contributed by atoms with E-state index in [-0.39, 0.29) is 50.0 Å². The zero-order valence-electron chi connectivity index (χ0n) is 33.8. The van der Waals surface area contributed by atoms with Crippen LogP contribution in [0.4, 0.5) is 0 Å². The number of ether oxygens (including phenoxy) is 7. The van der Waals surface area contributed by atoms with Gasteiger partial charge < -0.3 is 51.8 Å². The van der Waals surface area contributed by atoms with Crippen molar-refractivity contribution in [3.63, 3.8) is 0 Å². The monoisotopic (exact) mass is 895 g/mol. The number of aromatic nitrogens is 4. The molecule has 24 heteroatoms. The molecular weight excluding hydrogens is 849 g/mol. The van der Waals surface area contributed by atoms with Crippen LogP contribution in [0.2, 0.25) is 0 Å². The molecule has 0 spiro atoms. The molecule has 3 N–H and O–H groups in total. The van der Waals surface area contributed by atoms with Crippen molar-refractivity contribution < 1.29 is 61.4 Å². The quantitative estimate of drug-likeness (QED) is 0.0818. The van der Waals surface area contributed by atoms with Crippen molar-refractivity contribution >= 4 is 30.5 Å². The lowest BCUT2D eigenvalue weighted by Crippen LogP contribution is -2.33. The number of nitrogens with zero attached hydrogens (tertiary/aromatic N) is 3. The molecule has 7 atom stereocenters. The summed E-state index contributed by atoms with van der Waals surface area (Å²) in [5, 5.41) is 19.3. The fourth-order valence-corrected chi connectivity index (χ4v) is 8.54. The predicted molar refractivity (Wildman–Crippen MR) is 213 cm³/mol. The molecule has 2 fully saturated rings. The number of aryl methyl sites for hydroxylation is 2. The number of carbonyl (C=O) groups excluding carboxylic acids is 2. The maximum absolute atomic E-state index is 13.2. The van der Waals surface area contributed by atoms with E-state index >= 15 is 0 Å². The van der Waals surface area contributed by atoms with E-state index in [1.807, 2.05) is 6.07 Å². The number of aliphatic hydroxyl groups excluding tert-OH is 1. The smallest absolute Gasteiger partial charge is 0.330 e. The Morgan fingerprint density at radius 1 is 0.869 bits per heavy atom. The third kappa shape index (κ3) is 11.8. The van der Waals surface area contributed by atoms with E-state index in [1.165, 1.54) is 47.6 Å². The van der Waals surface area contributed by atoms with Gasteiger partial charge in [-0.2, -0.15) is 5.26 Å². The van der Waals surface area contributed by atoms with Gasteiger partial charge in [0.25, 0.3) is 11.1 Å². The van der Waals surface area contributed by atoms with Crippen LogP contribution in [0.15, 0.2) is 43.7 Å². The zero-order valence-corrected chi connectivity index (χ0v) is 35.5. The molecule has 0 aliphatic carbocycles. The first-order valence-corrected chi connectivity index (χ1v) is 21.3. The maximum Gasteiger partial charge on any atom is 0.330 e. The van der Waals surface area contributed by atoms with Gasteiger partial charge in [-0.25, -0.2) is 9.59 Å². The van der Waals surface area contributed by atoms with Crippen molar-refractivity contribution in [2.24, 2.45) is 0 Å². The summed E-state index contributed by atoms with van der Waals surface area (Å²) in [6, 6.07) is 5.14. The molecule has 3 unspecified atom stereocenters. The van der Waals surface area contributed by atoms with Gasteiger partial charge >= 0.3 is 30.0 Å². The molecule has 0 radical (unpaired) electrons. The van der Waals surface area contributed by atoms with E-state index < -0.39 is 97.7 Å². The molecule has 61 heavy (non-hydrogen) atoms. The number of aliphatic hydroxyl groups is 1. The van der Waals surface area contributed by atoms with E-state index in [1.54, 1.807) is 12.1 Å². The van der Waals surface area contributed by atoms with E-state index in [0.717, 1.165) is 9.13 Å². The van der Waals surface area contributed by atoms with E-state index in [9.17, 15) is 39.1 Å². The Balaban J connectivity index is 1.29. The van der Waals surface area contributed by atoms with E-state index in [2.05, 4.69) is 9.97 Å². The molecule has 2 aromatic heterocycles. The molecule has 4 heterocycles. The number of methoxy groups -OCH3 is 3. The number of H-pyrrole nitrogens is 2. The summed E-state index contributed by atoms with van der Waals surface area (Å²) < 4.78 is 59.4. The fraction of sp³-hybridized carbons (Fsp3) is 0.541. The van der Waals surface area contributed by atoms with Crippen molar-refractivity contribution in [1.29, 1.82) is 5.26 Å². The minimum Gasteiger partial charge on any atom is -0.493 e. The average molecular weight is 896 g/mol. The van der Waals surface area contributed by atoms with Crippen LogP contribution in [0.3, 0.4) is 0 Å². The first-order valence-electron chi connectivity index (χ1n) is 18.8. The van der Waals surface area contributed by atoms with Gasteiger partial charge in [0.1, 0.15) is 37.4 Å². The summed E-state index contributed by atoms with van der Waals surface area (Å²) in [4.78, 5) is 79.8.